The van der Waals surface area contributed by atoms with Crippen LogP contribution in [0.5, 0.6) is 0 Å². The molecular weight excluding hydrogens is 134 g/mol. The van der Waals surface area contributed by atoms with E-state index in [9.17, 15) is 0 Å². The molecule has 1 radical (unpaired) electrons. The summed E-state index contributed by atoms with van der Waals surface area (Å²) in [5, 5.41) is 0. The van der Waals surface area contributed by atoms with Crippen molar-refractivity contribution in [1.29, 1.82) is 0 Å². The fraction of sp³-hybridized carbons (Fsp3) is 0.900. The summed E-state index contributed by atoms with van der Waals surface area (Å²) in [6.45, 7) is 6.15. The van der Waals surface area contributed by atoms with Gasteiger partial charge in [0.15, 0.2) is 0 Å². The summed E-state index contributed by atoms with van der Waals surface area (Å²) in [7, 11) is 0. The van der Waals surface area contributed by atoms with E-state index in [0.29, 0.717) is 0 Å². The van der Waals surface area contributed by atoms with Crippen molar-refractivity contribution in [3.8, 4) is 0 Å². The first kappa shape index (κ1) is 9.05. The molecule has 0 unspecified atom stereocenters. The van der Waals surface area contributed by atoms with Crippen molar-refractivity contribution in [3.05, 3.63) is 6.42 Å². The van der Waals surface area contributed by atoms with Crippen molar-refractivity contribution in [3.63, 3.8) is 0 Å². The van der Waals surface area contributed by atoms with Crippen molar-refractivity contribution >= 4 is 0 Å². The van der Waals surface area contributed by atoms with Crippen molar-refractivity contribution in [2.75, 3.05) is 19.6 Å². The molecule has 0 spiro atoms. The number of nitrogens with zero attached hydrogens (tertiary/aromatic N) is 1. The van der Waals surface area contributed by atoms with E-state index in [-0.39, 0.29) is 0 Å². The Morgan fingerprint density at radius 2 is 2.18 bits per heavy atom. The summed E-state index contributed by atoms with van der Waals surface area (Å²) in [4.78, 5) is 2.55. The van der Waals surface area contributed by atoms with Gasteiger partial charge < -0.3 is 4.90 Å². The molecule has 0 saturated carbocycles. The predicted molar refractivity (Wildman–Crippen MR) is 49.5 cm³/mol. The van der Waals surface area contributed by atoms with Gasteiger partial charge in [-0.15, -0.1) is 0 Å². The maximum absolute atomic E-state index is 2.55. The van der Waals surface area contributed by atoms with Crippen LogP contribution in [-0.2, 0) is 0 Å². The van der Waals surface area contributed by atoms with Gasteiger partial charge in [0.1, 0.15) is 0 Å². The maximum atomic E-state index is 2.55. The molecular formula is C10H20N. The van der Waals surface area contributed by atoms with Crippen LogP contribution in [0.3, 0.4) is 0 Å². The van der Waals surface area contributed by atoms with Crippen molar-refractivity contribution < 1.29 is 0 Å². The molecule has 1 aliphatic rings. The second-order valence-corrected chi connectivity index (χ2v) is 3.44. The highest BCUT2D eigenvalue weighted by Gasteiger charge is 2.09. The van der Waals surface area contributed by atoms with Gasteiger partial charge in [0.2, 0.25) is 0 Å². The highest BCUT2D eigenvalue weighted by molar-refractivity contribution is 4.80. The average molecular weight is 154 g/mol. The third-order valence-corrected chi connectivity index (χ3v) is 2.36. The molecule has 1 heterocycles. The number of unbranched alkanes of at least 4 members (excludes halogenated alkanes) is 3. The molecule has 0 N–H and O–H groups in total. The fourth-order valence-corrected chi connectivity index (χ4v) is 1.60. The van der Waals surface area contributed by atoms with E-state index >= 15 is 0 Å². The molecule has 1 heteroatoms. The Bertz CT molecular complexity index is 84.9. The summed E-state index contributed by atoms with van der Waals surface area (Å²) in [5.41, 5.74) is 0. The molecule has 65 valence electrons. The molecule has 0 aromatic carbocycles. The minimum atomic E-state index is 1.24. The minimum absolute atomic E-state index is 1.24. The van der Waals surface area contributed by atoms with Gasteiger partial charge in [-0.25, -0.2) is 0 Å². The first-order valence-electron chi connectivity index (χ1n) is 4.97. The average Bonchev–Trinajstić information content (AvgIpc) is 2.50. The van der Waals surface area contributed by atoms with E-state index in [1.165, 1.54) is 51.7 Å². The van der Waals surface area contributed by atoms with Crippen molar-refractivity contribution in [1.82, 2.24) is 4.90 Å². The molecule has 1 fully saturated rings. The highest BCUT2D eigenvalue weighted by atomic mass is 15.1. The van der Waals surface area contributed by atoms with Crippen LogP contribution in [0.4, 0.5) is 0 Å². The molecule has 1 rings (SSSR count). The number of rotatable bonds is 5. The van der Waals surface area contributed by atoms with E-state index in [1.807, 2.05) is 0 Å². The quantitative estimate of drug-likeness (QED) is 0.550. The monoisotopic (exact) mass is 154 g/mol. The number of hydrogen-bond acceptors (Lipinski definition) is 1. The van der Waals surface area contributed by atoms with Crippen LogP contribution < -0.4 is 0 Å². The van der Waals surface area contributed by atoms with E-state index in [2.05, 4.69) is 18.2 Å². The molecule has 1 saturated heterocycles. The second-order valence-electron chi connectivity index (χ2n) is 3.44. The van der Waals surface area contributed by atoms with Crippen LogP contribution in [0.15, 0.2) is 0 Å². The van der Waals surface area contributed by atoms with Gasteiger partial charge in [-0.3, -0.25) is 0 Å². The van der Waals surface area contributed by atoms with Crippen LogP contribution in [0.2, 0.25) is 0 Å². The molecule has 1 nitrogen and oxygen atoms in total. The summed E-state index contributed by atoms with van der Waals surface area (Å²) < 4.78 is 0. The van der Waals surface area contributed by atoms with E-state index in [4.69, 9.17) is 0 Å². The van der Waals surface area contributed by atoms with Crippen LogP contribution >= 0.6 is 0 Å². The molecule has 0 aromatic rings. The van der Waals surface area contributed by atoms with Gasteiger partial charge in [-0.1, -0.05) is 26.2 Å². The standard InChI is InChI=1S/C10H20N/c1-2-3-4-5-8-11-9-6-7-10-11/h6H,2-5,7-10H2,1H3. The molecule has 1 aliphatic heterocycles. The summed E-state index contributed by atoms with van der Waals surface area (Å²) in [5.74, 6) is 0. The lowest BCUT2D eigenvalue weighted by molar-refractivity contribution is 0.333. The lowest BCUT2D eigenvalue weighted by Gasteiger charge is -2.13. The third-order valence-electron chi connectivity index (χ3n) is 2.36. The zero-order valence-electron chi connectivity index (χ0n) is 7.68. The van der Waals surface area contributed by atoms with E-state index in [1.54, 1.807) is 0 Å². The Morgan fingerprint density at radius 3 is 2.82 bits per heavy atom. The molecule has 0 aromatic heterocycles. The first-order valence-corrected chi connectivity index (χ1v) is 4.97. The number of hydrogen-bond donors (Lipinski definition) is 0. The van der Waals surface area contributed by atoms with Crippen molar-refractivity contribution in [2.45, 2.75) is 39.0 Å². The van der Waals surface area contributed by atoms with Gasteiger partial charge in [-0.2, -0.15) is 0 Å². The Morgan fingerprint density at radius 1 is 1.27 bits per heavy atom. The normalized spacial score (nSPS) is 19.4. The lowest BCUT2D eigenvalue weighted by atomic mass is 10.2. The lowest BCUT2D eigenvalue weighted by Crippen LogP contribution is -2.20. The van der Waals surface area contributed by atoms with E-state index < -0.39 is 0 Å². The van der Waals surface area contributed by atoms with Crippen LogP contribution in [0, 0.1) is 6.42 Å². The van der Waals surface area contributed by atoms with Gasteiger partial charge in [0, 0.05) is 6.54 Å². The SMILES string of the molecule is CCCCCCN1C[CH]CC1. The topological polar surface area (TPSA) is 3.24 Å². The predicted octanol–water partition coefficient (Wildman–Crippen LogP) is 2.48. The van der Waals surface area contributed by atoms with Gasteiger partial charge in [0.25, 0.3) is 0 Å². The van der Waals surface area contributed by atoms with Gasteiger partial charge in [0.05, 0.1) is 0 Å². The molecule has 11 heavy (non-hydrogen) atoms. The fourth-order valence-electron chi connectivity index (χ4n) is 1.60. The van der Waals surface area contributed by atoms with Crippen LogP contribution in [0.25, 0.3) is 0 Å². The largest absolute Gasteiger partial charge is 0.303 e. The summed E-state index contributed by atoms with van der Waals surface area (Å²) in [6.07, 6.45) is 9.30. The molecule has 0 bridgehead atoms. The Hall–Kier alpha value is -0.0400. The first-order chi connectivity index (χ1) is 5.43. The molecule has 0 aliphatic carbocycles. The summed E-state index contributed by atoms with van der Waals surface area (Å²) >= 11 is 0. The summed E-state index contributed by atoms with van der Waals surface area (Å²) in [6, 6.07) is 0. The Balaban J connectivity index is 1.86. The molecule has 0 amide bonds. The maximum Gasteiger partial charge on any atom is 0.00133 e. The molecule has 0 atom stereocenters. The third kappa shape index (κ3) is 3.76. The zero-order chi connectivity index (χ0) is 7.94. The van der Waals surface area contributed by atoms with E-state index in [0.717, 1.165) is 0 Å². The van der Waals surface area contributed by atoms with Gasteiger partial charge >= 0.3 is 0 Å². The Labute approximate surface area is 70.8 Å². The second kappa shape index (κ2) is 5.59. The highest BCUT2D eigenvalue weighted by Crippen LogP contribution is 2.08. The minimum Gasteiger partial charge on any atom is -0.303 e. The van der Waals surface area contributed by atoms with Gasteiger partial charge in [-0.05, 0) is 32.4 Å². The Kier molecular flexibility index (Phi) is 4.60. The number of likely N-dealkylation sites (tertiary alicyclic amines) is 1. The van der Waals surface area contributed by atoms with Crippen LogP contribution in [-0.4, -0.2) is 24.5 Å². The smallest absolute Gasteiger partial charge is 0.00133 e. The van der Waals surface area contributed by atoms with Crippen molar-refractivity contribution in [2.24, 2.45) is 0 Å². The van der Waals surface area contributed by atoms with Crippen LogP contribution in [0.1, 0.15) is 39.0 Å². The zero-order valence-corrected chi connectivity index (χ0v) is 7.68.